The van der Waals surface area contributed by atoms with Crippen molar-refractivity contribution < 1.29 is 4.39 Å². The molecule has 0 aromatic heterocycles. The summed E-state index contributed by atoms with van der Waals surface area (Å²) in [5.74, 6) is 1.75. The van der Waals surface area contributed by atoms with Crippen molar-refractivity contribution in [3.63, 3.8) is 0 Å². The fourth-order valence-electron chi connectivity index (χ4n) is 4.00. The van der Waals surface area contributed by atoms with E-state index in [2.05, 4.69) is 31.2 Å². The standard InChI is InChI=1S/C23H29F/c1-3-18-5-7-19(8-6-18)9-10-20-11-13-21(14-12-20)22-15-4-17(2)16-23(22)24/h4,11-16,18-19H,3,5-10H2,1-2H3. The van der Waals surface area contributed by atoms with Crippen molar-refractivity contribution in [3.05, 3.63) is 59.4 Å². The highest BCUT2D eigenvalue weighted by Crippen LogP contribution is 2.33. The van der Waals surface area contributed by atoms with Crippen molar-refractivity contribution in [1.29, 1.82) is 0 Å². The van der Waals surface area contributed by atoms with Crippen LogP contribution in [-0.4, -0.2) is 0 Å². The fourth-order valence-corrected chi connectivity index (χ4v) is 4.00. The monoisotopic (exact) mass is 324 g/mol. The third-order valence-corrected chi connectivity index (χ3v) is 5.77. The van der Waals surface area contributed by atoms with Crippen molar-refractivity contribution >= 4 is 0 Å². The van der Waals surface area contributed by atoms with Gasteiger partial charge < -0.3 is 0 Å². The summed E-state index contributed by atoms with van der Waals surface area (Å²) in [6, 6.07) is 13.9. The molecule has 0 radical (unpaired) electrons. The molecule has 2 aromatic rings. The molecule has 128 valence electrons. The molecule has 0 aliphatic heterocycles. The van der Waals surface area contributed by atoms with E-state index in [9.17, 15) is 4.39 Å². The van der Waals surface area contributed by atoms with Crippen LogP contribution in [-0.2, 0) is 6.42 Å². The lowest BCUT2D eigenvalue weighted by Crippen LogP contribution is -2.14. The molecule has 0 spiro atoms. The zero-order valence-electron chi connectivity index (χ0n) is 15.0. The van der Waals surface area contributed by atoms with Crippen molar-refractivity contribution in [2.75, 3.05) is 0 Å². The molecular weight excluding hydrogens is 295 g/mol. The molecule has 0 heterocycles. The summed E-state index contributed by atoms with van der Waals surface area (Å²) >= 11 is 0. The third-order valence-electron chi connectivity index (χ3n) is 5.77. The molecule has 0 N–H and O–H groups in total. The van der Waals surface area contributed by atoms with Crippen LogP contribution in [0.25, 0.3) is 11.1 Å². The maximum absolute atomic E-state index is 14.1. The summed E-state index contributed by atoms with van der Waals surface area (Å²) in [4.78, 5) is 0. The van der Waals surface area contributed by atoms with Gasteiger partial charge in [-0.25, -0.2) is 4.39 Å². The van der Waals surface area contributed by atoms with Crippen LogP contribution in [0.5, 0.6) is 0 Å². The van der Waals surface area contributed by atoms with E-state index in [1.165, 1.54) is 44.1 Å². The third kappa shape index (κ3) is 4.26. The number of halogens is 1. The first-order chi connectivity index (χ1) is 11.7. The Morgan fingerprint density at radius 2 is 1.58 bits per heavy atom. The molecular formula is C23H29F. The van der Waals surface area contributed by atoms with E-state index < -0.39 is 0 Å². The Kier molecular flexibility index (Phi) is 5.71. The van der Waals surface area contributed by atoms with Crippen LogP contribution in [0, 0.1) is 24.6 Å². The molecule has 1 saturated carbocycles. The minimum absolute atomic E-state index is 0.129. The second kappa shape index (κ2) is 7.96. The highest BCUT2D eigenvalue weighted by atomic mass is 19.1. The Hall–Kier alpha value is -1.63. The number of hydrogen-bond acceptors (Lipinski definition) is 0. The highest BCUT2D eigenvalue weighted by Gasteiger charge is 2.19. The lowest BCUT2D eigenvalue weighted by atomic mass is 9.78. The van der Waals surface area contributed by atoms with E-state index in [-0.39, 0.29) is 5.82 Å². The summed E-state index contributed by atoms with van der Waals surface area (Å²) in [6.07, 6.45) is 9.46. The molecule has 0 atom stereocenters. The highest BCUT2D eigenvalue weighted by molar-refractivity contribution is 5.64. The lowest BCUT2D eigenvalue weighted by molar-refractivity contribution is 0.259. The first-order valence-electron chi connectivity index (χ1n) is 9.51. The summed E-state index contributed by atoms with van der Waals surface area (Å²) in [5.41, 5.74) is 4.01. The molecule has 1 aliphatic rings. The minimum Gasteiger partial charge on any atom is -0.206 e. The predicted molar refractivity (Wildman–Crippen MR) is 101 cm³/mol. The van der Waals surface area contributed by atoms with Crippen LogP contribution < -0.4 is 0 Å². The van der Waals surface area contributed by atoms with Gasteiger partial charge in [0.05, 0.1) is 0 Å². The molecule has 0 saturated heterocycles. The Balaban J connectivity index is 1.57. The molecule has 1 heteroatoms. The van der Waals surface area contributed by atoms with Gasteiger partial charge in [-0.3, -0.25) is 0 Å². The van der Waals surface area contributed by atoms with Gasteiger partial charge >= 0.3 is 0 Å². The quantitative estimate of drug-likeness (QED) is 0.558. The van der Waals surface area contributed by atoms with Gasteiger partial charge in [-0.15, -0.1) is 0 Å². The minimum atomic E-state index is -0.129. The Morgan fingerprint density at radius 3 is 2.21 bits per heavy atom. The van der Waals surface area contributed by atoms with Crippen LogP contribution in [0.1, 0.15) is 56.6 Å². The summed E-state index contributed by atoms with van der Waals surface area (Å²) < 4.78 is 14.1. The number of aryl methyl sites for hydroxylation is 2. The average molecular weight is 324 g/mol. The van der Waals surface area contributed by atoms with Crippen molar-refractivity contribution in [2.45, 2.75) is 58.8 Å². The molecule has 0 amide bonds. The van der Waals surface area contributed by atoms with Gasteiger partial charge in [-0.2, -0.15) is 0 Å². The normalized spacial score (nSPS) is 21.0. The van der Waals surface area contributed by atoms with Gasteiger partial charge in [-0.05, 0) is 54.4 Å². The fraction of sp³-hybridized carbons (Fsp3) is 0.478. The summed E-state index contributed by atoms with van der Waals surface area (Å²) in [5, 5.41) is 0. The Labute approximate surface area is 146 Å². The van der Waals surface area contributed by atoms with E-state index in [1.807, 2.05) is 19.1 Å². The van der Waals surface area contributed by atoms with Crippen LogP contribution >= 0.6 is 0 Å². The average Bonchev–Trinajstić information content (AvgIpc) is 2.61. The van der Waals surface area contributed by atoms with E-state index >= 15 is 0 Å². The van der Waals surface area contributed by atoms with Gasteiger partial charge in [0, 0.05) is 5.56 Å². The second-order valence-electron chi connectivity index (χ2n) is 7.51. The maximum Gasteiger partial charge on any atom is 0.131 e. The molecule has 0 bridgehead atoms. The van der Waals surface area contributed by atoms with E-state index in [4.69, 9.17) is 0 Å². The number of benzene rings is 2. The smallest absolute Gasteiger partial charge is 0.131 e. The molecule has 1 aliphatic carbocycles. The summed E-state index contributed by atoms with van der Waals surface area (Å²) in [7, 11) is 0. The zero-order chi connectivity index (χ0) is 16.9. The number of rotatable bonds is 5. The van der Waals surface area contributed by atoms with Crippen molar-refractivity contribution in [3.8, 4) is 11.1 Å². The first kappa shape index (κ1) is 17.2. The van der Waals surface area contributed by atoms with Gasteiger partial charge in [-0.1, -0.05) is 75.4 Å². The van der Waals surface area contributed by atoms with Gasteiger partial charge in [0.25, 0.3) is 0 Å². The molecule has 24 heavy (non-hydrogen) atoms. The molecule has 0 nitrogen and oxygen atoms in total. The first-order valence-corrected chi connectivity index (χ1v) is 9.51. The Morgan fingerprint density at radius 1 is 0.917 bits per heavy atom. The molecule has 2 aromatic carbocycles. The largest absolute Gasteiger partial charge is 0.206 e. The lowest BCUT2D eigenvalue weighted by Gasteiger charge is -2.27. The van der Waals surface area contributed by atoms with Crippen molar-refractivity contribution in [2.24, 2.45) is 11.8 Å². The topological polar surface area (TPSA) is 0 Å². The molecule has 0 unspecified atom stereocenters. The summed E-state index contributed by atoms with van der Waals surface area (Å²) in [6.45, 7) is 4.24. The van der Waals surface area contributed by atoms with Crippen LogP contribution in [0.2, 0.25) is 0 Å². The van der Waals surface area contributed by atoms with Crippen LogP contribution in [0.4, 0.5) is 4.39 Å². The zero-order valence-corrected chi connectivity index (χ0v) is 15.0. The SMILES string of the molecule is CCC1CCC(CCc2ccc(-c3ccc(C)cc3F)cc2)CC1. The predicted octanol–water partition coefficient (Wildman–Crippen LogP) is 6.95. The molecule has 1 fully saturated rings. The number of hydrogen-bond donors (Lipinski definition) is 0. The van der Waals surface area contributed by atoms with Crippen LogP contribution in [0.15, 0.2) is 42.5 Å². The van der Waals surface area contributed by atoms with Gasteiger partial charge in [0.2, 0.25) is 0 Å². The van der Waals surface area contributed by atoms with E-state index in [0.29, 0.717) is 5.56 Å². The van der Waals surface area contributed by atoms with E-state index in [0.717, 1.165) is 29.4 Å². The molecule has 3 rings (SSSR count). The van der Waals surface area contributed by atoms with Crippen LogP contribution in [0.3, 0.4) is 0 Å². The maximum atomic E-state index is 14.1. The second-order valence-corrected chi connectivity index (χ2v) is 7.51. The Bertz CT molecular complexity index is 648. The van der Waals surface area contributed by atoms with Gasteiger partial charge in [0.15, 0.2) is 0 Å². The van der Waals surface area contributed by atoms with Gasteiger partial charge in [0.1, 0.15) is 5.82 Å². The van der Waals surface area contributed by atoms with E-state index in [1.54, 1.807) is 6.07 Å². The van der Waals surface area contributed by atoms with Crippen molar-refractivity contribution in [1.82, 2.24) is 0 Å².